The second kappa shape index (κ2) is 4.60. The SMILES string of the molecule is C=C(CCC(C)C1CC2CCC1C2)C(=O)O. The van der Waals surface area contributed by atoms with Crippen molar-refractivity contribution in [3.63, 3.8) is 0 Å². The van der Waals surface area contributed by atoms with E-state index in [2.05, 4.69) is 13.5 Å². The lowest BCUT2D eigenvalue weighted by Gasteiger charge is -2.27. The molecule has 2 aliphatic rings. The number of rotatable bonds is 5. The standard InChI is InChI=1S/C14H22O2/c1-9(3-4-10(2)14(15)16)13-8-11-5-6-12(13)7-11/h9,11-13H,2-8H2,1H3,(H,15,16). The Bertz CT molecular complexity index is 295. The van der Waals surface area contributed by atoms with Crippen LogP contribution in [-0.4, -0.2) is 11.1 Å². The van der Waals surface area contributed by atoms with Crippen LogP contribution in [0.15, 0.2) is 12.2 Å². The first-order valence-corrected chi connectivity index (χ1v) is 6.49. The van der Waals surface area contributed by atoms with Gasteiger partial charge in [0, 0.05) is 5.57 Å². The van der Waals surface area contributed by atoms with Crippen molar-refractivity contribution in [2.75, 3.05) is 0 Å². The highest BCUT2D eigenvalue weighted by molar-refractivity contribution is 5.85. The van der Waals surface area contributed by atoms with Crippen molar-refractivity contribution in [1.82, 2.24) is 0 Å². The molecule has 1 N–H and O–H groups in total. The molecule has 0 radical (unpaired) electrons. The zero-order valence-corrected chi connectivity index (χ0v) is 10.1. The smallest absolute Gasteiger partial charge is 0.330 e. The van der Waals surface area contributed by atoms with Crippen molar-refractivity contribution in [1.29, 1.82) is 0 Å². The molecule has 2 rings (SSSR count). The summed E-state index contributed by atoms with van der Waals surface area (Å²) in [6, 6.07) is 0. The average Bonchev–Trinajstić information content (AvgIpc) is 2.86. The van der Waals surface area contributed by atoms with E-state index in [1.807, 2.05) is 0 Å². The largest absolute Gasteiger partial charge is 0.478 e. The Labute approximate surface area is 97.7 Å². The molecule has 4 unspecified atom stereocenters. The molecular formula is C14H22O2. The molecule has 2 heteroatoms. The summed E-state index contributed by atoms with van der Waals surface area (Å²) >= 11 is 0. The van der Waals surface area contributed by atoms with Gasteiger partial charge in [0.1, 0.15) is 0 Å². The summed E-state index contributed by atoms with van der Waals surface area (Å²) in [6.45, 7) is 5.89. The number of aliphatic carboxylic acids is 1. The van der Waals surface area contributed by atoms with E-state index in [0.29, 0.717) is 17.9 Å². The van der Waals surface area contributed by atoms with Gasteiger partial charge in [-0.1, -0.05) is 19.9 Å². The van der Waals surface area contributed by atoms with Crippen LogP contribution in [0.3, 0.4) is 0 Å². The molecule has 2 saturated carbocycles. The fourth-order valence-corrected chi connectivity index (χ4v) is 3.71. The van der Waals surface area contributed by atoms with Gasteiger partial charge in [0.05, 0.1) is 0 Å². The number of carboxylic acids is 1. The molecular weight excluding hydrogens is 200 g/mol. The summed E-state index contributed by atoms with van der Waals surface area (Å²) in [5, 5.41) is 8.77. The molecule has 0 saturated heterocycles. The topological polar surface area (TPSA) is 37.3 Å². The quantitative estimate of drug-likeness (QED) is 0.723. The molecule has 2 bridgehead atoms. The summed E-state index contributed by atoms with van der Waals surface area (Å²) in [5.74, 6) is 2.63. The van der Waals surface area contributed by atoms with Gasteiger partial charge in [-0.05, 0) is 55.8 Å². The van der Waals surface area contributed by atoms with Crippen LogP contribution in [0.25, 0.3) is 0 Å². The number of hydrogen-bond acceptors (Lipinski definition) is 1. The number of carboxylic acid groups (broad SMARTS) is 1. The Morgan fingerprint density at radius 3 is 2.69 bits per heavy atom. The normalized spacial score (nSPS) is 33.9. The maximum atomic E-state index is 10.7. The zero-order chi connectivity index (χ0) is 11.7. The first kappa shape index (κ1) is 11.7. The van der Waals surface area contributed by atoms with E-state index < -0.39 is 5.97 Å². The Hall–Kier alpha value is -0.790. The van der Waals surface area contributed by atoms with E-state index in [0.717, 1.165) is 24.2 Å². The van der Waals surface area contributed by atoms with E-state index in [4.69, 9.17) is 5.11 Å². The summed E-state index contributed by atoms with van der Waals surface area (Å²) in [4.78, 5) is 10.7. The Morgan fingerprint density at radius 1 is 1.44 bits per heavy atom. The molecule has 0 aromatic heterocycles. The van der Waals surface area contributed by atoms with Crippen LogP contribution in [0, 0.1) is 23.7 Å². The molecule has 16 heavy (non-hydrogen) atoms. The Balaban J connectivity index is 1.78. The summed E-state index contributed by atoms with van der Waals surface area (Å²) in [5.41, 5.74) is 0.370. The maximum Gasteiger partial charge on any atom is 0.330 e. The number of fused-ring (bicyclic) bond motifs is 2. The molecule has 0 aromatic rings. The van der Waals surface area contributed by atoms with Crippen LogP contribution in [0.1, 0.15) is 45.4 Å². The molecule has 0 amide bonds. The van der Waals surface area contributed by atoms with Gasteiger partial charge < -0.3 is 5.11 Å². The molecule has 0 spiro atoms. The van der Waals surface area contributed by atoms with E-state index in [1.54, 1.807) is 0 Å². The minimum Gasteiger partial charge on any atom is -0.478 e. The van der Waals surface area contributed by atoms with Crippen molar-refractivity contribution in [3.05, 3.63) is 12.2 Å². The van der Waals surface area contributed by atoms with E-state index >= 15 is 0 Å². The summed E-state index contributed by atoms with van der Waals surface area (Å²) in [6.07, 6.45) is 7.35. The number of carbonyl (C=O) groups is 1. The lowest BCUT2D eigenvalue weighted by molar-refractivity contribution is -0.132. The van der Waals surface area contributed by atoms with Gasteiger partial charge in [0.25, 0.3) is 0 Å². The van der Waals surface area contributed by atoms with Crippen LogP contribution in [0.4, 0.5) is 0 Å². The van der Waals surface area contributed by atoms with Gasteiger partial charge >= 0.3 is 5.97 Å². The fourth-order valence-electron chi connectivity index (χ4n) is 3.71. The van der Waals surface area contributed by atoms with E-state index in [1.165, 1.54) is 25.7 Å². The lowest BCUT2D eigenvalue weighted by atomic mass is 9.78. The minimum absolute atomic E-state index is 0.370. The minimum atomic E-state index is -0.833. The van der Waals surface area contributed by atoms with Crippen molar-refractivity contribution in [2.45, 2.75) is 45.4 Å². The fraction of sp³-hybridized carbons (Fsp3) is 0.786. The Kier molecular flexibility index (Phi) is 3.36. The monoisotopic (exact) mass is 222 g/mol. The van der Waals surface area contributed by atoms with Crippen molar-refractivity contribution in [3.8, 4) is 0 Å². The highest BCUT2D eigenvalue weighted by Crippen LogP contribution is 2.51. The maximum absolute atomic E-state index is 10.7. The predicted molar refractivity (Wildman–Crippen MR) is 64.1 cm³/mol. The first-order valence-electron chi connectivity index (χ1n) is 6.49. The van der Waals surface area contributed by atoms with Gasteiger partial charge in [-0.25, -0.2) is 4.79 Å². The van der Waals surface area contributed by atoms with Gasteiger partial charge in [-0.3, -0.25) is 0 Å². The number of hydrogen-bond donors (Lipinski definition) is 1. The summed E-state index contributed by atoms with van der Waals surface area (Å²) in [7, 11) is 0. The van der Waals surface area contributed by atoms with E-state index in [9.17, 15) is 4.79 Å². The lowest BCUT2D eigenvalue weighted by Crippen LogP contribution is -2.19. The van der Waals surface area contributed by atoms with Crippen molar-refractivity contribution in [2.24, 2.45) is 23.7 Å². The van der Waals surface area contributed by atoms with Crippen LogP contribution in [0.2, 0.25) is 0 Å². The van der Waals surface area contributed by atoms with Gasteiger partial charge in [-0.15, -0.1) is 0 Å². The van der Waals surface area contributed by atoms with Gasteiger partial charge in [0.15, 0.2) is 0 Å². The third kappa shape index (κ3) is 2.31. The second-order valence-corrected chi connectivity index (χ2v) is 5.76. The van der Waals surface area contributed by atoms with E-state index in [-0.39, 0.29) is 0 Å². The first-order chi connectivity index (χ1) is 7.58. The summed E-state index contributed by atoms with van der Waals surface area (Å²) < 4.78 is 0. The molecule has 2 nitrogen and oxygen atoms in total. The molecule has 0 aromatic carbocycles. The van der Waals surface area contributed by atoms with Crippen LogP contribution >= 0.6 is 0 Å². The second-order valence-electron chi connectivity index (χ2n) is 5.76. The van der Waals surface area contributed by atoms with Crippen molar-refractivity contribution >= 4 is 5.97 Å². The molecule has 0 heterocycles. The third-order valence-corrected chi connectivity index (χ3v) is 4.73. The van der Waals surface area contributed by atoms with Crippen LogP contribution in [-0.2, 0) is 4.79 Å². The molecule has 90 valence electrons. The molecule has 2 fully saturated rings. The third-order valence-electron chi connectivity index (χ3n) is 4.73. The molecule has 4 atom stereocenters. The van der Waals surface area contributed by atoms with Crippen LogP contribution < -0.4 is 0 Å². The molecule has 0 aliphatic heterocycles. The zero-order valence-electron chi connectivity index (χ0n) is 10.1. The van der Waals surface area contributed by atoms with Crippen LogP contribution in [0.5, 0.6) is 0 Å². The average molecular weight is 222 g/mol. The predicted octanol–water partition coefficient (Wildman–Crippen LogP) is 3.48. The van der Waals surface area contributed by atoms with Crippen molar-refractivity contribution < 1.29 is 9.90 Å². The van der Waals surface area contributed by atoms with Gasteiger partial charge in [0.2, 0.25) is 0 Å². The molecule has 2 aliphatic carbocycles. The highest BCUT2D eigenvalue weighted by Gasteiger charge is 2.41. The Morgan fingerprint density at radius 2 is 2.19 bits per heavy atom. The van der Waals surface area contributed by atoms with Gasteiger partial charge in [-0.2, -0.15) is 0 Å². The highest BCUT2D eigenvalue weighted by atomic mass is 16.4.